The number of hydrogen-bond acceptors (Lipinski definition) is 1. The quantitative estimate of drug-likeness (QED) is 0.383. The Morgan fingerprint density at radius 2 is 1.90 bits per heavy atom. The smallest absolute Gasteiger partial charge is 0.0406 e. The third kappa shape index (κ3) is 2.12. The van der Waals surface area contributed by atoms with Crippen LogP contribution in [0.1, 0.15) is 0 Å². The van der Waals surface area contributed by atoms with Gasteiger partial charge in [-0.25, -0.2) is 0 Å². The molecule has 0 aliphatic heterocycles. The van der Waals surface area contributed by atoms with Gasteiger partial charge in [0.1, 0.15) is 0 Å². The van der Waals surface area contributed by atoms with Crippen molar-refractivity contribution in [3.05, 3.63) is 24.6 Å². The van der Waals surface area contributed by atoms with Crippen LogP contribution in [0.2, 0.25) is 0 Å². The van der Waals surface area contributed by atoms with Crippen LogP contribution < -0.4 is 0 Å². The second-order valence-corrected chi connectivity index (χ2v) is 5.05. The minimum atomic E-state index is 0.988. The monoisotopic (exact) mass is 392 g/mol. The molecule has 0 spiro atoms. The Hall–Kier alpha value is 1.26. The highest BCUT2D eigenvalue weighted by Gasteiger charge is 2.00. The zero-order chi connectivity index (χ0) is 7.72. The third-order valence-corrected chi connectivity index (χ3v) is 4.74. The average molecular weight is 394 g/mol. The molecule has 0 radical (unpaired) electrons. The lowest BCUT2D eigenvalue weighted by Crippen LogP contribution is -1.77. The lowest BCUT2D eigenvalue weighted by molar-refractivity contribution is 1.36. The van der Waals surface area contributed by atoms with E-state index >= 15 is 0 Å². The van der Waals surface area contributed by atoms with Crippen molar-refractivity contribution in [2.45, 2.75) is 4.90 Å². The molecule has 1 rings (SSSR count). The molecule has 0 aliphatic rings. The Balaban J connectivity index is 3.31. The lowest BCUT2D eigenvalue weighted by Gasteiger charge is -1.99. The molecular weight excluding hydrogens is 391 g/mol. The Morgan fingerprint density at radius 1 is 1.30 bits per heavy atom. The van der Waals surface area contributed by atoms with Crippen LogP contribution >= 0.6 is 67.1 Å². The summed E-state index contributed by atoms with van der Waals surface area (Å²) in [4.78, 5) is 0.988. The fraction of sp³-hybridized carbons (Fsp3) is 0. The highest BCUT2D eigenvalue weighted by Crippen LogP contribution is 2.29. The molecule has 0 N–H and O–H groups in total. The van der Waals surface area contributed by atoms with Crippen LogP contribution in [-0.4, -0.2) is 0 Å². The second kappa shape index (κ2) is 3.78. The molecule has 1 aromatic rings. The predicted octanol–water partition coefficient (Wildman–Crippen LogP) is 4.10. The van der Waals surface area contributed by atoms with Crippen molar-refractivity contribution in [2.75, 3.05) is 0 Å². The summed E-state index contributed by atoms with van der Waals surface area (Å²) >= 11 is 13.3. The SMILES string of the molecule is Sc1cc(Br)cc(Br)c1I. The first-order chi connectivity index (χ1) is 4.61. The molecule has 0 amide bonds. The predicted molar refractivity (Wildman–Crippen MR) is 61.8 cm³/mol. The van der Waals surface area contributed by atoms with Gasteiger partial charge in [-0.15, -0.1) is 12.6 Å². The van der Waals surface area contributed by atoms with E-state index in [1.807, 2.05) is 12.1 Å². The van der Waals surface area contributed by atoms with E-state index < -0.39 is 0 Å². The molecule has 0 bridgehead atoms. The fourth-order valence-electron chi connectivity index (χ4n) is 0.542. The number of benzene rings is 1. The Morgan fingerprint density at radius 3 is 2.40 bits per heavy atom. The van der Waals surface area contributed by atoms with Gasteiger partial charge in [0.25, 0.3) is 0 Å². The molecule has 0 saturated heterocycles. The van der Waals surface area contributed by atoms with Gasteiger partial charge < -0.3 is 0 Å². The van der Waals surface area contributed by atoms with Crippen LogP contribution in [0.4, 0.5) is 0 Å². The van der Waals surface area contributed by atoms with Gasteiger partial charge in [0.2, 0.25) is 0 Å². The van der Waals surface area contributed by atoms with E-state index in [0.717, 1.165) is 17.4 Å². The summed E-state index contributed by atoms with van der Waals surface area (Å²) in [6, 6.07) is 3.97. The molecule has 10 heavy (non-hydrogen) atoms. The molecule has 54 valence electrons. The Kier molecular flexibility index (Phi) is 3.53. The van der Waals surface area contributed by atoms with Gasteiger partial charge in [-0.1, -0.05) is 15.9 Å². The van der Waals surface area contributed by atoms with E-state index in [9.17, 15) is 0 Å². The molecule has 1 aromatic carbocycles. The molecule has 0 fully saturated rings. The summed E-state index contributed by atoms with van der Waals surface area (Å²) < 4.78 is 3.27. The van der Waals surface area contributed by atoms with E-state index in [4.69, 9.17) is 0 Å². The van der Waals surface area contributed by atoms with Gasteiger partial charge in [-0.3, -0.25) is 0 Å². The van der Waals surface area contributed by atoms with E-state index in [1.165, 1.54) is 0 Å². The highest BCUT2D eigenvalue weighted by molar-refractivity contribution is 14.1. The zero-order valence-corrected chi connectivity index (χ0v) is 11.0. The summed E-state index contributed by atoms with van der Waals surface area (Å²) in [7, 11) is 0. The number of rotatable bonds is 0. The first-order valence-electron chi connectivity index (χ1n) is 2.45. The number of thiol groups is 1. The van der Waals surface area contributed by atoms with E-state index in [0.29, 0.717) is 0 Å². The summed E-state index contributed by atoms with van der Waals surface area (Å²) in [5.41, 5.74) is 0. The van der Waals surface area contributed by atoms with Crippen molar-refractivity contribution < 1.29 is 0 Å². The fourth-order valence-corrected chi connectivity index (χ4v) is 2.67. The molecule has 0 aromatic heterocycles. The molecule has 0 aliphatic carbocycles. The summed E-state index contributed by atoms with van der Waals surface area (Å²) in [5, 5.41) is 0. The van der Waals surface area contributed by atoms with E-state index in [1.54, 1.807) is 0 Å². The average Bonchev–Trinajstić information content (AvgIpc) is 1.82. The van der Waals surface area contributed by atoms with E-state index in [-0.39, 0.29) is 0 Å². The minimum Gasteiger partial charge on any atom is -0.142 e. The maximum absolute atomic E-state index is 4.27. The van der Waals surface area contributed by atoms with Gasteiger partial charge in [-0.05, 0) is 50.7 Å². The molecule has 4 heteroatoms. The topological polar surface area (TPSA) is 0 Å². The van der Waals surface area contributed by atoms with Crippen molar-refractivity contribution in [1.29, 1.82) is 0 Å². The zero-order valence-electron chi connectivity index (χ0n) is 4.74. The number of hydrogen-bond donors (Lipinski definition) is 1. The minimum absolute atomic E-state index is 0.988. The maximum atomic E-state index is 4.27. The van der Waals surface area contributed by atoms with Gasteiger partial charge in [0.15, 0.2) is 0 Å². The van der Waals surface area contributed by atoms with Crippen LogP contribution in [-0.2, 0) is 0 Å². The van der Waals surface area contributed by atoms with E-state index in [2.05, 4.69) is 67.1 Å². The standard InChI is InChI=1S/C6H3Br2IS/c7-3-1-4(8)6(9)5(10)2-3/h1-2,10H. The Labute approximate surface area is 95.6 Å². The lowest BCUT2D eigenvalue weighted by atomic mass is 10.4. The first kappa shape index (κ1) is 9.35. The van der Waals surface area contributed by atoms with Gasteiger partial charge in [-0.2, -0.15) is 0 Å². The molecule has 0 saturated carbocycles. The van der Waals surface area contributed by atoms with Gasteiger partial charge >= 0.3 is 0 Å². The van der Waals surface area contributed by atoms with Crippen LogP contribution in [0.5, 0.6) is 0 Å². The Bertz CT molecular complexity index is 239. The first-order valence-corrected chi connectivity index (χ1v) is 5.56. The molecular formula is C6H3Br2IS. The number of halogens is 3. The van der Waals surface area contributed by atoms with Crippen LogP contribution in [0.15, 0.2) is 26.0 Å². The molecule has 0 nitrogen and oxygen atoms in total. The van der Waals surface area contributed by atoms with Crippen molar-refractivity contribution in [3.8, 4) is 0 Å². The molecule has 0 unspecified atom stereocenters. The largest absolute Gasteiger partial charge is 0.142 e. The highest BCUT2D eigenvalue weighted by atomic mass is 127. The van der Waals surface area contributed by atoms with Crippen molar-refractivity contribution in [3.63, 3.8) is 0 Å². The van der Waals surface area contributed by atoms with Crippen molar-refractivity contribution in [2.24, 2.45) is 0 Å². The summed E-state index contributed by atoms with van der Waals surface area (Å²) in [6.45, 7) is 0. The van der Waals surface area contributed by atoms with Crippen LogP contribution in [0.3, 0.4) is 0 Å². The van der Waals surface area contributed by atoms with Gasteiger partial charge in [0, 0.05) is 17.4 Å². The summed E-state index contributed by atoms with van der Waals surface area (Å²) in [5.74, 6) is 0. The van der Waals surface area contributed by atoms with Gasteiger partial charge in [0.05, 0.1) is 0 Å². The normalized spacial score (nSPS) is 10.0. The van der Waals surface area contributed by atoms with Crippen LogP contribution in [0.25, 0.3) is 0 Å². The van der Waals surface area contributed by atoms with Crippen LogP contribution in [0, 0.1) is 3.57 Å². The summed E-state index contributed by atoms with van der Waals surface area (Å²) in [6.07, 6.45) is 0. The maximum Gasteiger partial charge on any atom is 0.0406 e. The third-order valence-electron chi connectivity index (χ3n) is 0.974. The second-order valence-electron chi connectivity index (χ2n) is 1.72. The van der Waals surface area contributed by atoms with Crippen molar-refractivity contribution in [1.82, 2.24) is 0 Å². The molecule has 0 heterocycles. The van der Waals surface area contributed by atoms with Crippen molar-refractivity contribution >= 4 is 67.1 Å². The molecule has 0 atom stereocenters.